The molecule has 2 aromatic carbocycles. The Bertz CT molecular complexity index is 627. The molecule has 0 aliphatic heterocycles. The highest BCUT2D eigenvalue weighted by Crippen LogP contribution is 2.18. The van der Waals surface area contributed by atoms with E-state index in [1.54, 1.807) is 25.1 Å². The molecule has 0 heterocycles. The molecule has 0 saturated carbocycles. The fourth-order valence-corrected chi connectivity index (χ4v) is 1.79. The van der Waals surface area contributed by atoms with Crippen molar-refractivity contribution in [2.24, 2.45) is 0 Å². The van der Waals surface area contributed by atoms with Gasteiger partial charge in [-0.05, 0) is 42.0 Å². The van der Waals surface area contributed by atoms with E-state index < -0.39 is 5.82 Å². The average Bonchev–Trinajstić information content (AvgIpc) is 2.50. The molecule has 0 aliphatic rings. The van der Waals surface area contributed by atoms with E-state index in [4.69, 9.17) is 5.11 Å². The minimum absolute atomic E-state index is 0.0322. The van der Waals surface area contributed by atoms with Crippen LogP contribution in [-0.4, -0.2) is 11.0 Å². The topological polar surface area (TPSA) is 61.4 Å². The van der Waals surface area contributed by atoms with Gasteiger partial charge in [-0.25, -0.2) is 4.39 Å². The molecule has 1 amide bonds. The molecule has 0 fully saturated rings. The lowest BCUT2D eigenvalue weighted by Crippen LogP contribution is -2.09. The Morgan fingerprint density at radius 2 is 1.81 bits per heavy atom. The van der Waals surface area contributed by atoms with E-state index in [0.717, 1.165) is 16.9 Å². The number of hydrogen-bond donors (Lipinski definition) is 3. The van der Waals surface area contributed by atoms with Crippen LogP contribution in [0.1, 0.15) is 18.9 Å². The van der Waals surface area contributed by atoms with E-state index in [2.05, 4.69) is 10.6 Å². The highest BCUT2D eigenvalue weighted by Gasteiger charge is 2.02. The number of anilines is 2. The molecule has 0 aliphatic carbocycles. The Kier molecular flexibility index (Phi) is 4.77. The fraction of sp³-hybridized carbons (Fsp3) is 0.188. The normalized spacial score (nSPS) is 10.2. The third-order valence-corrected chi connectivity index (χ3v) is 3.00. The number of amides is 1. The number of carbonyl (C=O) groups excluding carboxylic acids is 1. The lowest BCUT2D eigenvalue weighted by Gasteiger charge is -2.09. The first-order valence-electron chi connectivity index (χ1n) is 6.69. The Labute approximate surface area is 122 Å². The average molecular weight is 288 g/mol. The minimum atomic E-state index is -0.632. The van der Waals surface area contributed by atoms with E-state index in [9.17, 15) is 9.18 Å². The van der Waals surface area contributed by atoms with Crippen molar-refractivity contribution < 1.29 is 14.3 Å². The van der Waals surface area contributed by atoms with E-state index in [1.807, 2.05) is 12.1 Å². The minimum Gasteiger partial charge on any atom is -0.505 e. The molecule has 110 valence electrons. The number of carbonyl (C=O) groups is 1. The molecule has 4 nitrogen and oxygen atoms in total. The summed E-state index contributed by atoms with van der Waals surface area (Å²) in [7, 11) is 0. The van der Waals surface area contributed by atoms with Crippen molar-refractivity contribution in [3.8, 4) is 5.75 Å². The number of aromatic hydroxyl groups is 1. The van der Waals surface area contributed by atoms with Gasteiger partial charge in [0.05, 0.1) is 0 Å². The number of rotatable bonds is 5. The first-order valence-corrected chi connectivity index (χ1v) is 6.69. The molecule has 21 heavy (non-hydrogen) atoms. The van der Waals surface area contributed by atoms with Crippen LogP contribution in [0.2, 0.25) is 0 Å². The quantitative estimate of drug-likeness (QED) is 0.789. The fourth-order valence-electron chi connectivity index (χ4n) is 1.79. The number of phenolic OH excluding ortho intramolecular Hbond substituents is 1. The van der Waals surface area contributed by atoms with E-state index in [-0.39, 0.29) is 11.7 Å². The van der Waals surface area contributed by atoms with Gasteiger partial charge < -0.3 is 15.7 Å². The maximum absolute atomic E-state index is 13.2. The lowest BCUT2D eigenvalue weighted by atomic mass is 10.2. The third kappa shape index (κ3) is 4.21. The zero-order valence-electron chi connectivity index (χ0n) is 11.7. The summed E-state index contributed by atoms with van der Waals surface area (Å²) in [5.41, 5.74) is 2.33. The van der Waals surface area contributed by atoms with Crippen LogP contribution >= 0.6 is 0 Å². The van der Waals surface area contributed by atoms with Crippen LogP contribution in [0.4, 0.5) is 15.8 Å². The van der Waals surface area contributed by atoms with Crippen LogP contribution in [0, 0.1) is 5.82 Å². The summed E-state index contributed by atoms with van der Waals surface area (Å²) in [6.45, 7) is 2.24. The number of nitrogens with one attached hydrogen (secondary N) is 2. The van der Waals surface area contributed by atoms with Gasteiger partial charge in [0.2, 0.25) is 5.91 Å². The van der Waals surface area contributed by atoms with Gasteiger partial charge in [0.25, 0.3) is 0 Å². The van der Waals surface area contributed by atoms with Crippen molar-refractivity contribution in [1.29, 1.82) is 0 Å². The van der Waals surface area contributed by atoms with Gasteiger partial charge in [0.15, 0.2) is 11.6 Å². The van der Waals surface area contributed by atoms with E-state index >= 15 is 0 Å². The molecule has 2 aromatic rings. The van der Waals surface area contributed by atoms with Crippen LogP contribution < -0.4 is 10.6 Å². The molecule has 0 spiro atoms. The molecule has 0 atom stereocenters. The maximum atomic E-state index is 13.2. The Balaban J connectivity index is 1.94. The van der Waals surface area contributed by atoms with Gasteiger partial charge in [-0.15, -0.1) is 0 Å². The summed E-state index contributed by atoms with van der Waals surface area (Å²) in [6, 6.07) is 11.5. The smallest absolute Gasteiger partial charge is 0.224 e. The molecule has 0 bridgehead atoms. The Hall–Kier alpha value is -2.56. The summed E-state index contributed by atoms with van der Waals surface area (Å²) >= 11 is 0. The highest BCUT2D eigenvalue weighted by atomic mass is 19.1. The largest absolute Gasteiger partial charge is 0.505 e. The standard InChI is InChI=1S/C16H17FN2O2/c1-2-16(21)19-13-6-4-12(5-7-13)18-10-11-3-8-15(20)14(17)9-11/h3-9,18,20H,2,10H2,1H3,(H,19,21). The molecule has 2 rings (SSSR count). The van der Waals surface area contributed by atoms with Crippen LogP contribution in [0.5, 0.6) is 5.75 Å². The third-order valence-electron chi connectivity index (χ3n) is 3.00. The van der Waals surface area contributed by atoms with Crippen molar-refractivity contribution in [3.63, 3.8) is 0 Å². The summed E-state index contributed by atoms with van der Waals surface area (Å²) in [4.78, 5) is 11.3. The van der Waals surface area contributed by atoms with Crippen molar-refractivity contribution in [3.05, 3.63) is 53.8 Å². The van der Waals surface area contributed by atoms with Gasteiger partial charge in [-0.2, -0.15) is 0 Å². The summed E-state index contributed by atoms with van der Waals surface area (Å²) in [5, 5.41) is 15.0. The predicted octanol–water partition coefficient (Wildman–Crippen LogP) is 3.49. The van der Waals surface area contributed by atoms with Crippen molar-refractivity contribution >= 4 is 17.3 Å². The number of hydrogen-bond acceptors (Lipinski definition) is 3. The molecular formula is C16H17FN2O2. The summed E-state index contributed by atoms with van der Waals surface area (Å²) in [6.07, 6.45) is 0.437. The van der Waals surface area contributed by atoms with Gasteiger partial charge >= 0.3 is 0 Å². The second-order valence-electron chi connectivity index (χ2n) is 4.62. The SMILES string of the molecule is CCC(=O)Nc1ccc(NCc2ccc(O)c(F)c2)cc1. The van der Waals surface area contributed by atoms with Gasteiger partial charge in [-0.1, -0.05) is 13.0 Å². The predicted molar refractivity (Wildman–Crippen MR) is 80.8 cm³/mol. The second kappa shape index (κ2) is 6.74. The van der Waals surface area contributed by atoms with Crippen molar-refractivity contribution in [1.82, 2.24) is 0 Å². The monoisotopic (exact) mass is 288 g/mol. The number of halogens is 1. The molecule has 0 radical (unpaired) electrons. The van der Waals surface area contributed by atoms with Crippen LogP contribution in [0.25, 0.3) is 0 Å². The van der Waals surface area contributed by atoms with Gasteiger partial charge in [0, 0.05) is 24.3 Å². The zero-order chi connectivity index (χ0) is 15.2. The first-order chi connectivity index (χ1) is 10.1. The van der Waals surface area contributed by atoms with Crippen LogP contribution in [0.15, 0.2) is 42.5 Å². The summed E-state index contributed by atoms with van der Waals surface area (Å²) in [5.74, 6) is -1.02. The van der Waals surface area contributed by atoms with Crippen molar-refractivity contribution in [2.75, 3.05) is 10.6 Å². The Morgan fingerprint density at radius 3 is 2.43 bits per heavy atom. The van der Waals surface area contributed by atoms with Gasteiger partial charge in [0.1, 0.15) is 0 Å². The molecule has 0 unspecified atom stereocenters. The maximum Gasteiger partial charge on any atom is 0.224 e. The number of benzene rings is 2. The molecule has 0 saturated heterocycles. The van der Waals surface area contributed by atoms with Crippen molar-refractivity contribution in [2.45, 2.75) is 19.9 Å². The van der Waals surface area contributed by atoms with Crippen LogP contribution in [0.3, 0.4) is 0 Å². The van der Waals surface area contributed by atoms with E-state index in [1.165, 1.54) is 12.1 Å². The molecule has 5 heteroatoms. The zero-order valence-corrected chi connectivity index (χ0v) is 11.7. The molecule has 0 aromatic heterocycles. The second-order valence-corrected chi connectivity index (χ2v) is 4.62. The highest BCUT2D eigenvalue weighted by molar-refractivity contribution is 5.90. The molecule has 3 N–H and O–H groups in total. The van der Waals surface area contributed by atoms with Crippen LogP contribution in [-0.2, 0) is 11.3 Å². The number of phenols is 1. The molecular weight excluding hydrogens is 271 g/mol. The lowest BCUT2D eigenvalue weighted by molar-refractivity contribution is -0.115. The van der Waals surface area contributed by atoms with Gasteiger partial charge in [-0.3, -0.25) is 4.79 Å². The van der Waals surface area contributed by atoms with E-state index in [0.29, 0.717) is 13.0 Å². The first kappa shape index (κ1) is 14.8. The summed E-state index contributed by atoms with van der Waals surface area (Å²) < 4.78 is 13.2. The Morgan fingerprint density at radius 1 is 1.14 bits per heavy atom.